The van der Waals surface area contributed by atoms with Crippen LogP contribution < -0.4 is 14.8 Å². The zero-order chi connectivity index (χ0) is 22.4. The highest BCUT2D eigenvalue weighted by molar-refractivity contribution is 6.13. The molecule has 0 atom stereocenters. The molecule has 8 heteroatoms. The third-order valence-corrected chi connectivity index (χ3v) is 4.58. The molecule has 162 valence electrons. The summed E-state index contributed by atoms with van der Waals surface area (Å²) >= 11 is 0. The van der Waals surface area contributed by atoms with Gasteiger partial charge in [-0.25, -0.2) is 9.59 Å². The molecule has 3 rings (SSSR count). The second kappa shape index (κ2) is 9.80. The van der Waals surface area contributed by atoms with Crippen molar-refractivity contribution in [1.29, 1.82) is 0 Å². The van der Waals surface area contributed by atoms with Gasteiger partial charge in [-0.1, -0.05) is 35.9 Å². The lowest BCUT2D eigenvalue weighted by atomic mass is 10.1. The Bertz CT molecular complexity index is 1010. The van der Waals surface area contributed by atoms with E-state index in [1.807, 2.05) is 38.1 Å². The number of hydrogen-bond acceptors (Lipinski definition) is 6. The molecule has 1 aliphatic rings. The summed E-state index contributed by atoms with van der Waals surface area (Å²) in [4.78, 5) is 37.5. The predicted molar refractivity (Wildman–Crippen MR) is 113 cm³/mol. The molecule has 0 aromatic heterocycles. The van der Waals surface area contributed by atoms with E-state index >= 15 is 0 Å². The van der Waals surface area contributed by atoms with Gasteiger partial charge in [-0.3, -0.25) is 9.69 Å². The van der Waals surface area contributed by atoms with Crippen LogP contribution in [0.1, 0.15) is 23.6 Å². The number of nitrogens with zero attached hydrogens (tertiary/aromatic N) is 1. The van der Waals surface area contributed by atoms with Crippen LogP contribution in [0, 0.1) is 6.92 Å². The number of benzene rings is 2. The van der Waals surface area contributed by atoms with Crippen molar-refractivity contribution < 1.29 is 28.6 Å². The van der Waals surface area contributed by atoms with Crippen LogP contribution in [0.2, 0.25) is 0 Å². The summed E-state index contributed by atoms with van der Waals surface area (Å²) in [5.74, 6) is -0.137. The minimum absolute atomic E-state index is 0.169. The van der Waals surface area contributed by atoms with Gasteiger partial charge in [0.1, 0.15) is 5.70 Å². The monoisotopic (exact) mass is 424 g/mol. The van der Waals surface area contributed by atoms with Crippen LogP contribution >= 0.6 is 0 Å². The Balaban J connectivity index is 1.77. The zero-order valence-electron chi connectivity index (χ0n) is 17.6. The Morgan fingerprint density at radius 3 is 2.48 bits per heavy atom. The quantitative estimate of drug-likeness (QED) is 0.398. The standard InChI is InChI=1S/C23H24N2O6/c1-4-30-20-12-17(9-10-19(20)31-14-21(26)29-3)11-18-22(27)25(23(28)24-18)13-16-7-5-15(2)6-8-16/h5-12H,4,13-14H2,1-3H3,(H,24,28)/b18-11+. The molecule has 0 aliphatic carbocycles. The first-order valence-corrected chi connectivity index (χ1v) is 9.77. The Labute approximate surface area is 180 Å². The van der Waals surface area contributed by atoms with Gasteiger partial charge in [0.05, 0.1) is 20.3 Å². The summed E-state index contributed by atoms with van der Waals surface area (Å²) in [6.07, 6.45) is 1.57. The van der Waals surface area contributed by atoms with Crippen molar-refractivity contribution in [1.82, 2.24) is 10.2 Å². The predicted octanol–water partition coefficient (Wildman–Crippen LogP) is 3.04. The minimum Gasteiger partial charge on any atom is -0.490 e. The van der Waals surface area contributed by atoms with Crippen LogP contribution in [0.25, 0.3) is 6.08 Å². The number of ether oxygens (including phenoxy) is 3. The van der Waals surface area contributed by atoms with Crippen molar-refractivity contribution in [2.45, 2.75) is 20.4 Å². The number of methoxy groups -OCH3 is 1. The highest BCUT2D eigenvalue weighted by Gasteiger charge is 2.33. The van der Waals surface area contributed by atoms with E-state index in [4.69, 9.17) is 9.47 Å². The fraction of sp³-hybridized carbons (Fsp3) is 0.261. The van der Waals surface area contributed by atoms with Gasteiger partial charge in [-0.2, -0.15) is 0 Å². The van der Waals surface area contributed by atoms with E-state index in [0.717, 1.165) is 16.0 Å². The summed E-state index contributed by atoms with van der Waals surface area (Å²) < 4.78 is 15.6. The maximum absolute atomic E-state index is 12.7. The Hall–Kier alpha value is -3.81. The topological polar surface area (TPSA) is 94.2 Å². The van der Waals surface area contributed by atoms with Gasteiger partial charge in [-0.15, -0.1) is 0 Å². The highest BCUT2D eigenvalue weighted by Crippen LogP contribution is 2.30. The molecule has 1 heterocycles. The molecule has 2 aromatic rings. The molecule has 1 saturated heterocycles. The third-order valence-electron chi connectivity index (χ3n) is 4.58. The number of nitrogens with one attached hydrogen (secondary N) is 1. The fourth-order valence-electron chi connectivity index (χ4n) is 2.96. The van der Waals surface area contributed by atoms with E-state index in [-0.39, 0.29) is 18.8 Å². The first kappa shape index (κ1) is 21.9. The number of imide groups is 1. The van der Waals surface area contributed by atoms with E-state index in [1.54, 1.807) is 24.3 Å². The Morgan fingerprint density at radius 2 is 1.81 bits per heavy atom. The molecule has 3 amide bonds. The lowest BCUT2D eigenvalue weighted by Gasteiger charge is -2.12. The van der Waals surface area contributed by atoms with Gasteiger partial charge in [0.25, 0.3) is 5.91 Å². The van der Waals surface area contributed by atoms with Crippen molar-refractivity contribution in [3.05, 3.63) is 64.9 Å². The molecule has 0 spiro atoms. The molecule has 0 radical (unpaired) electrons. The van der Waals surface area contributed by atoms with Gasteiger partial charge >= 0.3 is 12.0 Å². The molecule has 1 fully saturated rings. The number of aryl methyl sites for hydroxylation is 1. The molecule has 1 aliphatic heterocycles. The number of carbonyl (C=O) groups excluding carboxylic acids is 3. The molecule has 0 saturated carbocycles. The third kappa shape index (κ3) is 5.42. The Morgan fingerprint density at radius 1 is 1.06 bits per heavy atom. The molecule has 1 N–H and O–H groups in total. The van der Waals surface area contributed by atoms with Gasteiger partial charge in [0.15, 0.2) is 18.1 Å². The SMILES string of the molecule is CCOc1cc(/C=C2/NC(=O)N(Cc3ccc(C)cc3)C2=O)ccc1OCC(=O)OC. The van der Waals surface area contributed by atoms with Gasteiger partial charge in [0.2, 0.25) is 0 Å². The van der Waals surface area contributed by atoms with E-state index in [1.165, 1.54) is 7.11 Å². The second-order valence-corrected chi connectivity index (χ2v) is 6.87. The van der Waals surface area contributed by atoms with Crippen molar-refractivity contribution in [2.75, 3.05) is 20.3 Å². The van der Waals surface area contributed by atoms with E-state index in [0.29, 0.717) is 23.7 Å². The number of amides is 3. The minimum atomic E-state index is -0.512. The average Bonchev–Trinajstić information content (AvgIpc) is 3.02. The van der Waals surface area contributed by atoms with Gasteiger partial charge in [-0.05, 0) is 43.2 Å². The van der Waals surface area contributed by atoms with Crippen molar-refractivity contribution in [3.63, 3.8) is 0 Å². The van der Waals surface area contributed by atoms with E-state index in [9.17, 15) is 14.4 Å². The molecule has 0 unspecified atom stereocenters. The average molecular weight is 424 g/mol. The van der Waals surface area contributed by atoms with Crippen LogP contribution in [0.3, 0.4) is 0 Å². The number of rotatable bonds is 8. The van der Waals surface area contributed by atoms with Gasteiger partial charge in [0, 0.05) is 0 Å². The molecule has 8 nitrogen and oxygen atoms in total. The highest BCUT2D eigenvalue weighted by atomic mass is 16.6. The fourth-order valence-corrected chi connectivity index (χ4v) is 2.96. The molecular weight excluding hydrogens is 400 g/mol. The smallest absolute Gasteiger partial charge is 0.343 e. The molecule has 31 heavy (non-hydrogen) atoms. The molecule has 0 bridgehead atoms. The normalized spacial score (nSPS) is 14.5. The maximum Gasteiger partial charge on any atom is 0.343 e. The second-order valence-electron chi connectivity index (χ2n) is 6.87. The van der Waals surface area contributed by atoms with Gasteiger partial charge < -0.3 is 19.5 Å². The van der Waals surface area contributed by atoms with Crippen molar-refractivity contribution in [3.8, 4) is 11.5 Å². The number of hydrogen-bond donors (Lipinski definition) is 1. The van der Waals surface area contributed by atoms with Crippen LogP contribution in [0.4, 0.5) is 4.79 Å². The number of esters is 1. The van der Waals surface area contributed by atoms with Crippen molar-refractivity contribution in [2.24, 2.45) is 0 Å². The maximum atomic E-state index is 12.7. The summed E-state index contributed by atoms with van der Waals surface area (Å²) in [5.41, 5.74) is 2.77. The van der Waals surface area contributed by atoms with Crippen LogP contribution in [0.15, 0.2) is 48.2 Å². The summed E-state index contributed by atoms with van der Waals surface area (Å²) in [7, 11) is 1.28. The van der Waals surface area contributed by atoms with Crippen molar-refractivity contribution >= 4 is 24.0 Å². The molecule has 2 aromatic carbocycles. The largest absolute Gasteiger partial charge is 0.490 e. The van der Waals surface area contributed by atoms with Crippen LogP contribution in [-0.4, -0.2) is 43.1 Å². The number of urea groups is 1. The van der Waals surface area contributed by atoms with E-state index in [2.05, 4.69) is 10.1 Å². The lowest BCUT2D eigenvalue weighted by Crippen LogP contribution is -2.30. The first-order valence-electron chi connectivity index (χ1n) is 9.77. The Kier molecular flexibility index (Phi) is 6.92. The van der Waals surface area contributed by atoms with E-state index < -0.39 is 17.9 Å². The number of carbonyl (C=O) groups is 3. The van der Waals surface area contributed by atoms with Crippen LogP contribution in [-0.2, 0) is 20.9 Å². The summed E-state index contributed by atoms with van der Waals surface area (Å²) in [6, 6.07) is 12.2. The summed E-state index contributed by atoms with van der Waals surface area (Å²) in [6.45, 7) is 4.11. The zero-order valence-corrected chi connectivity index (χ0v) is 17.6. The van der Waals surface area contributed by atoms with Crippen LogP contribution in [0.5, 0.6) is 11.5 Å². The lowest BCUT2D eigenvalue weighted by molar-refractivity contribution is -0.142. The first-order chi connectivity index (χ1) is 14.9. The summed E-state index contributed by atoms with van der Waals surface area (Å²) in [5, 5.41) is 2.61. The molecular formula is C23H24N2O6.